The fourth-order valence-corrected chi connectivity index (χ4v) is 8.08. The van der Waals surface area contributed by atoms with Gasteiger partial charge in [-0.2, -0.15) is 0 Å². The summed E-state index contributed by atoms with van der Waals surface area (Å²) in [4.78, 5) is 29.9. The number of ether oxygens (including phenoxy) is 1. The van der Waals surface area contributed by atoms with Crippen molar-refractivity contribution >= 4 is 23.1 Å². The van der Waals surface area contributed by atoms with Gasteiger partial charge in [-0.1, -0.05) is 40.7 Å². The third-order valence-electron chi connectivity index (χ3n) is 10.4. The molecular weight excluding hydrogens is 473 g/mol. The Labute approximate surface area is 219 Å². The number of Topliss-reactive ketones (excluding diaryl/α,β-unsaturated/α-hetero) is 1. The largest absolute Gasteiger partial charge is 0.416 e. The smallest absolute Gasteiger partial charge is 0.308 e. The molecule has 196 valence electrons. The molecule has 2 heterocycles. The van der Waals surface area contributed by atoms with Crippen LogP contribution in [0.3, 0.4) is 0 Å². The number of ketones is 1. The molecule has 1 aromatic heterocycles. The Morgan fingerprint density at radius 3 is 2.25 bits per heavy atom. The van der Waals surface area contributed by atoms with E-state index in [1.165, 1.54) is 24.3 Å². The summed E-state index contributed by atoms with van der Waals surface area (Å²) in [5, 5.41) is 0.562. The second-order valence-electron chi connectivity index (χ2n) is 12.4. The molecule has 0 radical (unpaired) electrons. The summed E-state index contributed by atoms with van der Waals surface area (Å²) in [7, 11) is 0. The van der Waals surface area contributed by atoms with Crippen LogP contribution in [0.2, 0.25) is 0 Å². The van der Waals surface area contributed by atoms with Crippen molar-refractivity contribution in [2.24, 2.45) is 16.7 Å². The predicted octanol–water partition coefficient (Wildman–Crippen LogP) is 7.29. The van der Waals surface area contributed by atoms with E-state index in [2.05, 4.69) is 53.4 Å². The van der Waals surface area contributed by atoms with Crippen LogP contribution in [0, 0.1) is 36.4 Å². The lowest BCUT2D eigenvalue weighted by Gasteiger charge is -2.55. The maximum atomic E-state index is 15.9. The second kappa shape index (κ2) is 8.22. The Bertz CT molecular complexity index is 1260. The van der Waals surface area contributed by atoms with Crippen LogP contribution in [0.15, 0.2) is 18.2 Å². The number of carbonyl (C=O) groups excluding carboxylic acids is 2. The highest BCUT2D eigenvalue weighted by Crippen LogP contribution is 2.71. The standard InChI is InChI=1S/C30H40FNO3S/c1-16-12-13-22(31)24(17(16)2)30(11,26(34)29(10)19(4)27(29,6)7)32-15-21-14-23(35-20(5)33)36-25(21)18(3)28(32,8)9/h12-14,18-19H,15H2,1-11H3. The summed E-state index contributed by atoms with van der Waals surface area (Å²) >= 11 is 1.49. The van der Waals surface area contributed by atoms with Crippen molar-refractivity contribution in [2.45, 2.75) is 99.7 Å². The summed E-state index contributed by atoms with van der Waals surface area (Å²) in [6, 6.07) is 5.20. The van der Waals surface area contributed by atoms with Crippen molar-refractivity contribution in [3.63, 3.8) is 0 Å². The maximum absolute atomic E-state index is 15.9. The highest BCUT2D eigenvalue weighted by Gasteiger charge is 2.73. The van der Waals surface area contributed by atoms with Gasteiger partial charge in [-0.25, -0.2) is 4.39 Å². The molecule has 0 amide bonds. The molecule has 6 heteroatoms. The van der Waals surface area contributed by atoms with Gasteiger partial charge in [0, 0.05) is 40.8 Å². The molecule has 1 aromatic carbocycles. The molecule has 36 heavy (non-hydrogen) atoms. The third kappa shape index (κ3) is 3.47. The number of aryl methyl sites for hydroxylation is 1. The van der Waals surface area contributed by atoms with Crippen LogP contribution in [0.25, 0.3) is 0 Å². The molecule has 4 nitrogen and oxygen atoms in total. The number of fused-ring (bicyclic) bond motifs is 1. The van der Waals surface area contributed by atoms with E-state index in [4.69, 9.17) is 4.74 Å². The number of benzene rings is 1. The van der Waals surface area contributed by atoms with Crippen molar-refractivity contribution in [3.8, 4) is 5.06 Å². The van der Waals surface area contributed by atoms with Gasteiger partial charge in [-0.05, 0) is 74.8 Å². The number of esters is 1. The topological polar surface area (TPSA) is 46.6 Å². The van der Waals surface area contributed by atoms with Gasteiger partial charge in [0.15, 0.2) is 10.8 Å². The van der Waals surface area contributed by atoms with Crippen molar-refractivity contribution in [1.82, 2.24) is 4.90 Å². The minimum Gasteiger partial charge on any atom is -0.416 e. The fraction of sp³-hybridized carbons (Fsp3) is 0.600. The van der Waals surface area contributed by atoms with E-state index in [0.717, 1.165) is 21.6 Å². The molecule has 4 atom stereocenters. The lowest BCUT2D eigenvalue weighted by atomic mass is 9.69. The van der Waals surface area contributed by atoms with Gasteiger partial charge in [0.25, 0.3) is 0 Å². The summed E-state index contributed by atoms with van der Waals surface area (Å²) < 4.78 is 21.3. The molecule has 4 unspecified atom stereocenters. The highest BCUT2D eigenvalue weighted by molar-refractivity contribution is 7.14. The number of nitrogens with zero attached hydrogens (tertiary/aromatic N) is 1. The summed E-state index contributed by atoms with van der Waals surface area (Å²) in [6.07, 6.45) is 0. The zero-order valence-electron chi connectivity index (χ0n) is 23.6. The molecule has 2 aliphatic rings. The van der Waals surface area contributed by atoms with Crippen LogP contribution in [-0.4, -0.2) is 22.2 Å². The molecule has 0 spiro atoms. The average Bonchev–Trinajstić information content (AvgIpc) is 3.05. The lowest BCUT2D eigenvalue weighted by molar-refractivity contribution is -0.145. The monoisotopic (exact) mass is 513 g/mol. The third-order valence-corrected chi connectivity index (χ3v) is 11.6. The van der Waals surface area contributed by atoms with Crippen molar-refractivity contribution < 1.29 is 18.7 Å². The number of hydrogen-bond acceptors (Lipinski definition) is 5. The molecular formula is C30H40FNO3S. The van der Waals surface area contributed by atoms with E-state index >= 15 is 4.39 Å². The van der Waals surface area contributed by atoms with Crippen molar-refractivity contribution in [3.05, 3.63) is 51.1 Å². The summed E-state index contributed by atoms with van der Waals surface area (Å²) in [6.45, 7) is 22.6. The Morgan fingerprint density at radius 1 is 1.14 bits per heavy atom. The van der Waals surface area contributed by atoms with Gasteiger partial charge in [0.2, 0.25) is 0 Å². The van der Waals surface area contributed by atoms with Gasteiger partial charge >= 0.3 is 5.97 Å². The van der Waals surface area contributed by atoms with E-state index in [1.807, 2.05) is 26.8 Å². The lowest BCUT2D eigenvalue weighted by Crippen LogP contribution is -2.63. The van der Waals surface area contributed by atoms with E-state index in [-0.39, 0.29) is 34.8 Å². The van der Waals surface area contributed by atoms with Gasteiger partial charge in [-0.15, -0.1) is 11.3 Å². The van der Waals surface area contributed by atoms with Crippen LogP contribution in [0.5, 0.6) is 5.06 Å². The number of hydrogen-bond donors (Lipinski definition) is 0. The molecule has 0 saturated heterocycles. The SMILES string of the molecule is CC(=O)Oc1cc2c(s1)C(C)C(C)(C)N(C(C)(C(=O)C1(C)C(C)C1(C)C)c1c(F)ccc(C)c1C)C2. The minimum absolute atomic E-state index is 0.0355. The second-order valence-corrected chi connectivity index (χ2v) is 13.5. The van der Waals surface area contributed by atoms with Crippen molar-refractivity contribution in [2.75, 3.05) is 0 Å². The first-order valence-corrected chi connectivity index (χ1v) is 13.6. The molecule has 1 fully saturated rings. The van der Waals surface area contributed by atoms with E-state index in [9.17, 15) is 9.59 Å². The number of thiophene rings is 1. The van der Waals surface area contributed by atoms with Gasteiger partial charge in [0.05, 0.1) is 0 Å². The number of halogens is 1. The first-order chi connectivity index (χ1) is 16.4. The Balaban J connectivity index is 1.97. The minimum atomic E-state index is -1.20. The number of carbonyl (C=O) groups is 2. The van der Waals surface area contributed by atoms with Crippen LogP contribution in [-0.2, 0) is 21.7 Å². The fourth-order valence-electron chi connectivity index (χ4n) is 6.78. The van der Waals surface area contributed by atoms with Crippen LogP contribution in [0.4, 0.5) is 4.39 Å². The first kappa shape index (κ1) is 27.0. The molecule has 2 aromatic rings. The van der Waals surface area contributed by atoms with Gasteiger partial charge < -0.3 is 4.74 Å². The average molecular weight is 514 g/mol. The molecule has 4 rings (SSSR count). The van der Waals surface area contributed by atoms with Crippen LogP contribution < -0.4 is 4.74 Å². The van der Waals surface area contributed by atoms with E-state index in [1.54, 1.807) is 6.07 Å². The molecule has 0 N–H and O–H groups in total. The summed E-state index contributed by atoms with van der Waals surface area (Å²) in [5.74, 6) is -0.410. The maximum Gasteiger partial charge on any atom is 0.308 e. The zero-order chi connectivity index (χ0) is 27.2. The molecule has 1 saturated carbocycles. The first-order valence-electron chi connectivity index (χ1n) is 12.8. The molecule has 0 bridgehead atoms. The quantitative estimate of drug-likeness (QED) is 0.394. The van der Waals surface area contributed by atoms with E-state index < -0.39 is 16.5 Å². The molecule has 1 aliphatic heterocycles. The predicted molar refractivity (Wildman–Crippen MR) is 143 cm³/mol. The van der Waals surface area contributed by atoms with Crippen LogP contribution >= 0.6 is 11.3 Å². The van der Waals surface area contributed by atoms with E-state index in [0.29, 0.717) is 17.2 Å². The zero-order valence-corrected chi connectivity index (χ0v) is 24.4. The Kier molecular flexibility index (Phi) is 6.17. The van der Waals surface area contributed by atoms with Crippen LogP contribution in [0.1, 0.15) is 95.4 Å². The number of rotatable bonds is 5. The Morgan fingerprint density at radius 2 is 1.72 bits per heavy atom. The summed E-state index contributed by atoms with van der Waals surface area (Å²) in [5.41, 5.74) is 0.856. The molecule has 1 aliphatic carbocycles. The highest BCUT2D eigenvalue weighted by atomic mass is 32.1. The Hall–Kier alpha value is -2.05. The van der Waals surface area contributed by atoms with Crippen molar-refractivity contribution in [1.29, 1.82) is 0 Å². The van der Waals surface area contributed by atoms with Gasteiger partial charge in [-0.3, -0.25) is 14.5 Å². The van der Waals surface area contributed by atoms with Gasteiger partial charge in [0.1, 0.15) is 11.4 Å². The normalized spacial score (nSPS) is 28.2.